The van der Waals surface area contributed by atoms with Gasteiger partial charge in [0.15, 0.2) is 0 Å². The van der Waals surface area contributed by atoms with Crippen LogP contribution in [0.1, 0.15) is 22.3 Å². The van der Waals surface area contributed by atoms with E-state index in [4.69, 9.17) is 8.83 Å². The fourth-order valence-electron chi connectivity index (χ4n) is 12.0. The lowest BCUT2D eigenvalue weighted by Crippen LogP contribution is -2.26. The van der Waals surface area contributed by atoms with Gasteiger partial charge < -0.3 is 13.7 Å². The topological polar surface area (TPSA) is 29.5 Å². The third kappa shape index (κ3) is 5.07. The van der Waals surface area contributed by atoms with E-state index in [-0.39, 0.29) is 0 Å². The Balaban J connectivity index is 0.977. The maximum atomic E-state index is 6.67. The maximum absolute atomic E-state index is 6.67. The normalized spacial score (nSPS) is 13.1. The summed E-state index contributed by atoms with van der Waals surface area (Å²) in [4.78, 5) is 2.46. The molecule has 0 saturated carbocycles. The predicted molar refractivity (Wildman–Crippen MR) is 280 cm³/mol. The zero-order valence-corrected chi connectivity index (χ0v) is 36.8. The average molecular weight is 866 g/mol. The minimum Gasteiger partial charge on any atom is -0.456 e. The first-order valence-corrected chi connectivity index (χ1v) is 23.4. The minimum absolute atomic E-state index is 0.487. The standard InChI is InChI=1S/C65H39NO2/c1-2-16-42-38-62-54(37-41(42)15-1)63-52(23-14-30-61(63)67-62)50-20-6-11-28-59(50)66(43-33-31-40(32-34-43)45-22-13-24-53-51-21-7-12-29-60(51)68-64(45)53)44-35-36-49-48-19-5-10-27-57(48)65(58(49)39-44)55-25-8-3-17-46(55)47-18-4-9-26-56(47)65/h1-39H. The van der Waals surface area contributed by atoms with E-state index < -0.39 is 5.41 Å². The van der Waals surface area contributed by atoms with E-state index in [1.165, 1.54) is 49.9 Å². The van der Waals surface area contributed by atoms with E-state index in [1.54, 1.807) is 0 Å². The second-order valence-corrected chi connectivity index (χ2v) is 18.3. The van der Waals surface area contributed by atoms with Gasteiger partial charge in [0.25, 0.3) is 0 Å². The van der Waals surface area contributed by atoms with Crippen LogP contribution in [0.2, 0.25) is 0 Å². The van der Waals surface area contributed by atoms with Crippen LogP contribution in [0, 0.1) is 0 Å². The number of fused-ring (bicyclic) bond motifs is 17. The molecule has 68 heavy (non-hydrogen) atoms. The molecule has 2 heterocycles. The Morgan fingerprint density at radius 2 is 0.853 bits per heavy atom. The van der Waals surface area contributed by atoms with Gasteiger partial charge in [-0.15, -0.1) is 0 Å². The number of furan rings is 2. The lowest BCUT2D eigenvalue weighted by Gasteiger charge is -2.32. The first-order chi connectivity index (χ1) is 33.7. The largest absolute Gasteiger partial charge is 0.456 e. The summed E-state index contributed by atoms with van der Waals surface area (Å²) in [7, 11) is 0. The number of hydrogen-bond donors (Lipinski definition) is 0. The quantitative estimate of drug-likeness (QED) is 0.173. The third-order valence-corrected chi connectivity index (χ3v) is 14.9. The maximum Gasteiger partial charge on any atom is 0.143 e. The summed E-state index contributed by atoms with van der Waals surface area (Å²) in [5.41, 5.74) is 21.0. The van der Waals surface area contributed by atoms with Gasteiger partial charge in [-0.1, -0.05) is 182 Å². The molecule has 0 bridgehead atoms. The molecule has 0 fully saturated rings. The highest BCUT2D eigenvalue weighted by Crippen LogP contribution is 2.63. The molecule has 2 aliphatic rings. The molecule has 0 amide bonds. The van der Waals surface area contributed by atoms with Gasteiger partial charge in [-0.25, -0.2) is 0 Å². The van der Waals surface area contributed by atoms with Gasteiger partial charge in [0.05, 0.1) is 11.1 Å². The lowest BCUT2D eigenvalue weighted by molar-refractivity contribution is 0.669. The third-order valence-electron chi connectivity index (χ3n) is 14.9. The Hall–Kier alpha value is -8.92. The number of hydrogen-bond acceptors (Lipinski definition) is 3. The van der Waals surface area contributed by atoms with Gasteiger partial charge in [0.1, 0.15) is 22.3 Å². The van der Waals surface area contributed by atoms with Crippen molar-refractivity contribution in [2.45, 2.75) is 5.41 Å². The van der Waals surface area contributed by atoms with Gasteiger partial charge in [-0.05, 0) is 121 Å². The molecule has 11 aromatic carbocycles. The van der Waals surface area contributed by atoms with Gasteiger partial charge in [-0.2, -0.15) is 0 Å². The molecular weight excluding hydrogens is 827 g/mol. The molecule has 0 saturated heterocycles. The molecule has 3 nitrogen and oxygen atoms in total. The van der Waals surface area contributed by atoms with Crippen LogP contribution in [0.25, 0.3) is 99.2 Å². The van der Waals surface area contributed by atoms with Crippen molar-refractivity contribution in [1.29, 1.82) is 0 Å². The first-order valence-electron chi connectivity index (χ1n) is 23.4. The van der Waals surface area contributed by atoms with Crippen molar-refractivity contribution in [2.24, 2.45) is 0 Å². The molecule has 13 aromatic rings. The van der Waals surface area contributed by atoms with Gasteiger partial charge >= 0.3 is 0 Å². The van der Waals surface area contributed by atoms with E-state index in [2.05, 4.69) is 235 Å². The zero-order valence-electron chi connectivity index (χ0n) is 36.8. The second-order valence-electron chi connectivity index (χ2n) is 18.3. The molecular formula is C65H39NO2. The van der Waals surface area contributed by atoms with Crippen molar-refractivity contribution < 1.29 is 8.83 Å². The van der Waals surface area contributed by atoms with Crippen LogP contribution in [0.3, 0.4) is 0 Å². The van der Waals surface area contributed by atoms with E-state index in [0.717, 1.165) is 88.6 Å². The molecule has 316 valence electrons. The van der Waals surface area contributed by atoms with Crippen LogP contribution in [0.5, 0.6) is 0 Å². The second kappa shape index (κ2) is 14.0. The summed E-state index contributed by atoms with van der Waals surface area (Å²) < 4.78 is 13.2. The van der Waals surface area contributed by atoms with Crippen molar-refractivity contribution in [3.8, 4) is 44.5 Å². The summed E-state index contributed by atoms with van der Waals surface area (Å²) >= 11 is 0. The molecule has 2 aliphatic carbocycles. The van der Waals surface area contributed by atoms with Crippen molar-refractivity contribution >= 4 is 71.7 Å². The summed E-state index contributed by atoms with van der Waals surface area (Å²) in [6.45, 7) is 0. The predicted octanol–water partition coefficient (Wildman–Crippen LogP) is 17.8. The summed E-state index contributed by atoms with van der Waals surface area (Å²) in [5.74, 6) is 0. The summed E-state index contributed by atoms with van der Waals surface area (Å²) in [6.07, 6.45) is 0. The summed E-state index contributed by atoms with van der Waals surface area (Å²) in [6, 6.07) is 86.4. The van der Waals surface area contributed by atoms with Crippen molar-refractivity contribution in [3.05, 3.63) is 259 Å². The van der Waals surface area contributed by atoms with Crippen LogP contribution in [0.15, 0.2) is 245 Å². The number of para-hydroxylation sites is 3. The highest BCUT2D eigenvalue weighted by atomic mass is 16.3. The smallest absolute Gasteiger partial charge is 0.143 e. The van der Waals surface area contributed by atoms with Crippen LogP contribution in [-0.4, -0.2) is 0 Å². The summed E-state index contributed by atoms with van der Waals surface area (Å²) in [5, 5.41) is 6.81. The number of benzene rings is 11. The van der Waals surface area contributed by atoms with Gasteiger partial charge in [0, 0.05) is 44.0 Å². The highest BCUT2D eigenvalue weighted by Gasteiger charge is 2.51. The Morgan fingerprint density at radius 3 is 1.60 bits per heavy atom. The molecule has 0 N–H and O–H groups in total. The molecule has 2 aromatic heterocycles. The Bertz CT molecular complexity index is 4160. The van der Waals surface area contributed by atoms with E-state index in [1.807, 2.05) is 6.07 Å². The molecule has 0 aliphatic heterocycles. The lowest BCUT2D eigenvalue weighted by atomic mass is 9.70. The Kier molecular flexibility index (Phi) is 7.71. The number of anilines is 3. The minimum atomic E-state index is -0.487. The molecule has 0 unspecified atom stereocenters. The van der Waals surface area contributed by atoms with E-state index >= 15 is 0 Å². The van der Waals surface area contributed by atoms with Crippen LogP contribution >= 0.6 is 0 Å². The van der Waals surface area contributed by atoms with Gasteiger partial charge in [0.2, 0.25) is 0 Å². The molecule has 15 rings (SSSR count). The van der Waals surface area contributed by atoms with Crippen molar-refractivity contribution in [3.63, 3.8) is 0 Å². The fourth-order valence-corrected chi connectivity index (χ4v) is 12.0. The zero-order chi connectivity index (χ0) is 44.5. The van der Waals surface area contributed by atoms with E-state index in [9.17, 15) is 0 Å². The number of rotatable bonds is 5. The van der Waals surface area contributed by atoms with Crippen molar-refractivity contribution in [1.82, 2.24) is 0 Å². The van der Waals surface area contributed by atoms with Crippen LogP contribution < -0.4 is 4.90 Å². The molecule has 3 heteroatoms. The molecule has 0 radical (unpaired) electrons. The number of nitrogens with zero attached hydrogens (tertiary/aromatic N) is 1. The monoisotopic (exact) mass is 865 g/mol. The fraction of sp³-hybridized carbons (Fsp3) is 0.0154. The molecule has 0 atom stereocenters. The van der Waals surface area contributed by atoms with Crippen LogP contribution in [-0.2, 0) is 5.41 Å². The van der Waals surface area contributed by atoms with Crippen molar-refractivity contribution in [2.75, 3.05) is 4.90 Å². The van der Waals surface area contributed by atoms with E-state index in [0.29, 0.717) is 0 Å². The SMILES string of the molecule is c1ccc(N(c2ccc(-c3cccc4c3oc3ccccc34)cc2)c2ccc3c(c2)C2(c4ccccc4-c4ccccc42)c2ccccc2-3)c(-c2cccc3oc4cc5ccccc5cc4c23)c1. The highest BCUT2D eigenvalue weighted by molar-refractivity contribution is 6.17. The first kappa shape index (κ1) is 37.3. The average Bonchev–Trinajstić information content (AvgIpc) is 4.13. The molecule has 1 spiro atoms. The Labute approximate surface area is 392 Å². The Morgan fingerprint density at radius 1 is 0.309 bits per heavy atom. The van der Waals surface area contributed by atoms with Gasteiger partial charge in [-0.3, -0.25) is 0 Å². The van der Waals surface area contributed by atoms with Crippen LogP contribution in [0.4, 0.5) is 17.1 Å².